The number of alkyl halides is 3. The molecule has 2 unspecified atom stereocenters. The Balaban J connectivity index is 1.62. The minimum Gasteiger partial charge on any atom is -0.444 e. The van der Waals surface area contributed by atoms with Crippen molar-refractivity contribution < 1.29 is 45.5 Å². The number of anilines is 2. The third-order valence-corrected chi connectivity index (χ3v) is 7.73. The van der Waals surface area contributed by atoms with Crippen molar-refractivity contribution in [3.63, 3.8) is 0 Å². The highest BCUT2D eigenvalue weighted by molar-refractivity contribution is 7.90. The van der Waals surface area contributed by atoms with Gasteiger partial charge in [0.05, 0.1) is 34.3 Å². The Bertz CT molecular complexity index is 1520. The standard InChI is InChI=1S/C29H36F3N5O7S/c1-28(2,3)44-27(41)37-21-14-9-17(29(30,31)32)15-20(21)25(39)33-16-24(38)35-22-7-5-6-8-23(22)36-26(40)34-18-10-12-19(13-11-18)45(4,42)43/h9-15,22-23H,5-8,16H2,1-4H3,(H,33,39)(H,35,38)(H,37,41)(H2,34,36,40). The van der Waals surface area contributed by atoms with Crippen molar-refractivity contribution in [2.75, 3.05) is 23.4 Å². The maximum absolute atomic E-state index is 13.4. The van der Waals surface area contributed by atoms with Gasteiger partial charge in [0.2, 0.25) is 5.91 Å². The maximum atomic E-state index is 13.4. The largest absolute Gasteiger partial charge is 0.444 e. The van der Waals surface area contributed by atoms with Gasteiger partial charge in [-0.3, -0.25) is 14.9 Å². The van der Waals surface area contributed by atoms with Crippen molar-refractivity contribution in [3.05, 3.63) is 53.6 Å². The first-order chi connectivity index (χ1) is 20.8. The number of ether oxygens (including phenoxy) is 1. The molecular formula is C29H36F3N5O7S. The lowest BCUT2D eigenvalue weighted by Crippen LogP contribution is -2.55. The molecular weight excluding hydrogens is 619 g/mol. The van der Waals surface area contributed by atoms with Crippen LogP contribution in [0.15, 0.2) is 47.4 Å². The number of urea groups is 1. The van der Waals surface area contributed by atoms with Crippen LogP contribution in [0.4, 0.5) is 34.1 Å². The van der Waals surface area contributed by atoms with E-state index in [1.165, 1.54) is 24.3 Å². The Labute approximate surface area is 258 Å². The second kappa shape index (κ2) is 14.2. The summed E-state index contributed by atoms with van der Waals surface area (Å²) in [6.07, 6.45) is -2.09. The predicted octanol–water partition coefficient (Wildman–Crippen LogP) is 4.43. The van der Waals surface area contributed by atoms with Crippen LogP contribution in [0.3, 0.4) is 0 Å². The van der Waals surface area contributed by atoms with Gasteiger partial charge in [-0.1, -0.05) is 12.8 Å². The zero-order valence-electron chi connectivity index (χ0n) is 25.1. The number of hydrogen-bond acceptors (Lipinski definition) is 7. The number of rotatable bonds is 8. The van der Waals surface area contributed by atoms with E-state index in [4.69, 9.17) is 4.74 Å². The van der Waals surface area contributed by atoms with Crippen LogP contribution in [0.25, 0.3) is 0 Å². The molecule has 246 valence electrons. The molecule has 2 aromatic rings. The van der Waals surface area contributed by atoms with Gasteiger partial charge in [0, 0.05) is 18.0 Å². The van der Waals surface area contributed by atoms with Crippen molar-refractivity contribution in [3.8, 4) is 0 Å². The molecule has 0 radical (unpaired) electrons. The predicted molar refractivity (Wildman–Crippen MR) is 160 cm³/mol. The van der Waals surface area contributed by atoms with E-state index in [2.05, 4.69) is 26.6 Å². The Kier molecular flexibility index (Phi) is 11.1. The molecule has 0 bridgehead atoms. The van der Waals surface area contributed by atoms with Crippen molar-refractivity contribution >= 4 is 45.2 Å². The first-order valence-corrected chi connectivity index (χ1v) is 15.9. The monoisotopic (exact) mass is 655 g/mol. The molecule has 0 heterocycles. The first-order valence-electron chi connectivity index (χ1n) is 14.0. The molecule has 0 spiro atoms. The van der Waals surface area contributed by atoms with Crippen LogP contribution >= 0.6 is 0 Å². The molecule has 2 atom stereocenters. The van der Waals surface area contributed by atoms with E-state index in [0.717, 1.165) is 25.2 Å². The molecule has 45 heavy (non-hydrogen) atoms. The molecule has 0 aliphatic heterocycles. The number of nitrogens with one attached hydrogen (secondary N) is 5. The number of amides is 5. The van der Waals surface area contributed by atoms with Crippen LogP contribution in [-0.4, -0.2) is 62.8 Å². The van der Waals surface area contributed by atoms with Crippen molar-refractivity contribution in [1.82, 2.24) is 16.0 Å². The van der Waals surface area contributed by atoms with Gasteiger partial charge < -0.3 is 26.0 Å². The lowest BCUT2D eigenvalue weighted by atomic mass is 9.90. The van der Waals surface area contributed by atoms with Crippen LogP contribution in [0.2, 0.25) is 0 Å². The Morgan fingerprint density at radius 3 is 2.04 bits per heavy atom. The molecule has 3 rings (SSSR count). The van der Waals surface area contributed by atoms with Crippen LogP contribution in [-0.2, 0) is 25.5 Å². The molecule has 16 heteroatoms. The van der Waals surface area contributed by atoms with Crippen molar-refractivity contribution in [2.45, 2.75) is 75.2 Å². The fraction of sp³-hybridized carbons (Fsp3) is 0.448. The van der Waals surface area contributed by atoms with Gasteiger partial charge in [0.15, 0.2) is 9.84 Å². The normalized spacial score (nSPS) is 17.0. The third-order valence-electron chi connectivity index (χ3n) is 6.61. The van der Waals surface area contributed by atoms with E-state index in [0.29, 0.717) is 30.7 Å². The Morgan fingerprint density at radius 1 is 0.889 bits per heavy atom. The zero-order valence-corrected chi connectivity index (χ0v) is 25.9. The summed E-state index contributed by atoms with van der Waals surface area (Å²) in [7, 11) is -3.40. The first kappa shape index (κ1) is 35.1. The highest BCUT2D eigenvalue weighted by atomic mass is 32.2. The number of sulfone groups is 1. The summed E-state index contributed by atoms with van der Waals surface area (Å²) in [6.45, 7) is 4.17. The molecule has 0 aromatic heterocycles. The molecule has 2 aromatic carbocycles. The lowest BCUT2D eigenvalue weighted by Gasteiger charge is -2.32. The molecule has 1 aliphatic carbocycles. The zero-order chi connectivity index (χ0) is 33.6. The SMILES string of the molecule is CC(C)(C)OC(=O)Nc1ccc(C(F)(F)F)cc1C(=O)NCC(=O)NC1CCCCC1NC(=O)Nc1ccc(S(C)(=O)=O)cc1. The summed E-state index contributed by atoms with van der Waals surface area (Å²) >= 11 is 0. The second-order valence-corrected chi connectivity index (χ2v) is 13.5. The summed E-state index contributed by atoms with van der Waals surface area (Å²) < 4.78 is 68.5. The Hall–Kier alpha value is -4.34. The van der Waals surface area contributed by atoms with E-state index in [1.807, 2.05) is 0 Å². The minimum absolute atomic E-state index is 0.0965. The van der Waals surface area contributed by atoms with Crippen LogP contribution in [0, 0.1) is 0 Å². The van der Waals surface area contributed by atoms with Crippen molar-refractivity contribution in [2.24, 2.45) is 0 Å². The van der Waals surface area contributed by atoms with E-state index in [9.17, 15) is 40.8 Å². The molecule has 5 amide bonds. The smallest absolute Gasteiger partial charge is 0.416 e. The average Bonchev–Trinajstić information content (AvgIpc) is 2.91. The van der Waals surface area contributed by atoms with Gasteiger partial charge in [-0.2, -0.15) is 13.2 Å². The molecule has 1 saturated carbocycles. The summed E-state index contributed by atoms with van der Waals surface area (Å²) in [5.41, 5.74) is -2.46. The van der Waals surface area contributed by atoms with Crippen LogP contribution in [0.5, 0.6) is 0 Å². The fourth-order valence-corrected chi connectivity index (χ4v) is 5.17. The molecule has 0 saturated heterocycles. The van der Waals surface area contributed by atoms with Gasteiger partial charge in [-0.15, -0.1) is 0 Å². The number of halogens is 3. The quantitative estimate of drug-likeness (QED) is 0.280. The van der Waals surface area contributed by atoms with Gasteiger partial charge in [-0.05, 0) is 76.1 Å². The molecule has 1 fully saturated rings. The summed E-state index contributed by atoms with van der Waals surface area (Å²) in [6, 6.07) is 6.25. The Morgan fingerprint density at radius 2 is 1.49 bits per heavy atom. The second-order valence-electron chi connectivity index (χ2n) is 11.5. The van der Waals surface area contributed by atoms with Gasteiger partial charge in [-0.25, -0.2) is 18.0 Å². The number of hydrogen-bond donors (Lipinski definition) is 5. The summed E-state index contributed by atoms with van der Waals surface area (Å²) in [5.74, 6) is -1.69. The number of carbonyl (C=O) groups excluding carboxylic acids is 4. The highest BCUT2D eigenvalue weighted by Gasteiger charge is 2.33. The van der Waals surface area contributed by atoms with Gasteiger partial charge >= 0.3 is 18.3 Å². The highest BCUT2D eigenvalue weighted by Crippen LogP contribution is 2.32. The molecule has 12 nitrogen and oxygen atoms in total. The van der Waals surface area contributed by atoms with E-state index < -0.39 is 75.3 Å². The third kappa shape index (κ3) is 11.0. The number of benzene rings is 2. The van der Waals surface area contributed by atoms with Crippen LogP contribution < -0.4 is 26.6 Å². The minimum atomic E-state index is -4.77. The summed E-state index contributed by atoms with van der Waals surface area (Å²) in [5, 5.41) is 12.7. The summed E-state index contributed by atoms with van der Waals surface area (Å²) in [4.78, 5) is 50.6. The van der Waals surface area contributed by atoms with Crippen LogP contribution in [0.1, 0.15) is 62.4 Å². The maximum Gasteiger partial charge on any atom is 0.416 e. The molecule has 1 aliphatic rings. The fourth-order valence-electron chi connectivity index (χ4n) is 4.54. The van der Waals surface area contributed by atoms with Gasteiger partial charge in [0.25, 0.3) is 5.91 Å². The number of carbonyl (C=O) groups is 4. The van der Waals surface area contributed by atoms with E-state index >= 15 is 0 Å². The topological polar surface area (TPSA) is 172 Å². The lowest BCUT2D eigenvalue weighted by molar-refractivity contribution is -0.137. The average molecular weight is 656 g/mol. The van der Waals surface area contributed by atoms with E-state index in [1.54, 1.807) is 20.8 Å². The van der Waals surface area contributed by atoms with E-state index in [-0.39, 0.29) is 10.6 Å². The van der Waals surface area contributed by atoms with Crippen molar-refractivity contribution in [1.29, 1.82) is 0 Å². The van der Waals surface area contributed by atoms with Gasteiger partial charge in [0.1, 0.15) is 5.60 Å². The molecule has 5 N–H and O–H groups in total.